The minimum atomic E-state index is -0.0119. The molecular weight excluding hydrogens is 269 g/mol. The standard InChI is InChI=1S/C14H21Cl2NO/c1-3-5-14(18-4-2)13(17)9-10-6-7-11(15)12(16)8-10/h6-8,13-14H,3-5,9,17H2,1-2H3. The molecule has 0 radical (unpaired) electrons. The molecule has 4 heteroatoms. The van der Waals surface area contributed by atoms with Gasteiger partial charge in [-0.1, -0.05) is 42.6 Å². The van der Waals surface area contributed by atoms with E-state index in [4.69, 9.17) is 33.7 Å². The van der Waals surface area contributed by atoms with Crippen molar-refractivity contribution in [1.29, 1.82) is 0 Å². The highest BCUT2D eigenvalue weighted by molar-refractivity contribution is 6.42. The molecular formula is C14H21Cl2NO. The van der Waals surface area contributed by atoms with Gasteiger partial charge in [0, 0.05) is 12.6 Å². The van der Waals surface area contributed by atoms with Crippen LogP contribution in [0.5, 0.6) is 0 Å². The number of nitrogens with two attached hydrogens (primary N) is 1. The molecule has 102 valence electrons. The lowest BCUT2D eigenvalue weighted by molar-refractivity contribution is 0.0378. The van der Waals surface area contributed by atoms with Crippen LogP contribution in [0.1, 0.15) is 32.3 Å². The van der Waals surface area contributed by atoms with Crippen LogP contribution in [-0.4, -0.2) is 18.8 Å². The average molecular weight is 290 g/mol. The second kappa shape index (κ2) is 8.00. The summed E-state index contributed by atoms with van der Waals surface area (Å²) in [4.78, 5) is 0. The smallest absolute Gasteiger partial charge is 0.0728 e. The van der Waals surface area contributed by atoms with Gasteiger partial charge >= 0.3 is 0 Å². The molecule has 0 spiro atoms. The molecule has 0 heterocycles. The van der Waals surface area contributed by atoms with Gasteiger partial charge in [-0.15, -0.1) is 0 Å². The van der Waals surface area contributed by atoms with Crippen LogP contribution in [0.15, 0.2) is 18.2 Å². The zero-order valence-corrected chi connectivity index (χ0v) is 12.5. The van der Waals surface area contributed by atoms with Crippen LogP contribution in [0.4, 0.5) is 0 Å². The van der Waals surface area contributed by atoms with Gasteiger partial charge in [-0.05, 0) is 37.5 Å². The molecule has 0 fully saturated rings. The Bertz CT molecular complexity index is 365. The molecule has 0 aliphatic rings. The number of rotatable bonds is 7. The molecule has 0 saturated carbocycles. The van der Waals surface area contributed by atoms with Crippen molar-refractivity contribution in [3.8, 4) is 0 Å². The van der Waals surface area contributed by atoms with Crippen molar-refractivity contribution in [2.45, 2.75) is 45.3 Å². The summed E-state index contributed by atoms with van der Waals surface area (Å²) in [7, 11) is 0. The lowest BCUT2D eigenvalue weighted by Gasteiger charge is -2.23. The van der Waals surface area contributed by atoms with Crippen molar-refractivity contribution in [1.82, 2.24) is 0 Å². The van der Waals surface area contributed by atoms with E-state index in [9.17, 15) is 0 Å². The summed E-state index contributed by atoms with van der Waals surface area (Å²) in [6.07, 6.45) is 2.91. The Morgan fingerprint density at radius 3 is 2.50 bits per heavy atom. The summed E-state index contributed by atoms with van der Waals surface area (Å²) in [6.45, 7) is 4.83. The maximum atomic E-state index is 6.21. The largest absolute Gasteiger partial charge is 0.377 e. The van der Waals surface area contributed by atoms with Crippen molar-refractivity contribution >= 4 is 23.2 Å². The summed E-state index contributed by atoms with van der Waals surface area (Å²) in [5.41, 5.74) is 7.30. The molecule has 2 nitrogen and oxygen atoms in total. The summed E-state index contributed by atoms with van der Waals surface area (Å²) < 4.78 is 5.69. The van der Waals surface area contributed by atoms with E-state index in [1.807, 2.05) is 19.1 Å². The van der Waals surface area contributed by atoms with E-state index in [0.29, 0.717) is 16.7 Å². The number of hydrogen-bond acceptors (Lipinski definition) is 2. The molecule has 0 saturated heterocycles. The minimum absolute atomic E-state index is 0.0119. The highest BCUT2D eigenvalue weighted by Gasteiger charge is 2.17. The van der Waals surface area contributed by atoms with Crippen molar-refractivity contribution in [3.05, 3.63) is 33.8 Å². The SMILES string of the molecule is CCCC(OCC)C(N)Cc1ccc(Cl)c(Cl)c1. The van der Waals surface area contributed by atoms with Gasteiger partial charge in [0.1, 0.15) is 0 Å². The number of ether oxygens (including phenoxy) is 1. The molecule has 2 unspecified atom stereocenters. The topological polar surface area (TPSA) is 35.2 Å². The third-order valence-corrected chi connectivity index (χ3v) is 3.63. The first-order chi connectivity index (χ1) is 8.58. The Balaban J connectivity index is 2.66. The number of benzene rings is 1. The molecule has 0 amide bonds. The highest BCUT2D eigenvalue weighted by atomic mass is 35.5. The Labute approximate surface area is 119 Å². The molecule has 0 bridgehead atoms. The van der Waals surface area contributed by atoms with Crippen LogP contribution in [0.25, 0.3) is 0 Å². The van der Waals surface area contributed by atoms with Gasteiger partial charge in [0.05, 0.1) is 16.1 Å². The van der Waals surface area contributed by atoms with E-state index in [-0.39, 0.29) is 12.1 Å². The summed E-state index contributed by atoms with van der Waals surface area (Å²) in [6, 6.07) is 5.63. The summed E-state index contributed by atoms with van der Waals surface area (Å²) >= 11 is 11.9. The van der Waals surface area contributed by atoms with E-state index >= 15 is 0 Å². The third-order valence-electron chi connectivity index (χ3n) is 2.89. The van der Waals surface area contributed by atoms with Crippen molar-refractivity contribution in [3.63, 3.8) is 0 Å². The van der Waals surface area contributed by atoms with Gasteiger partial charge < -0.3 is 10.5 Å². The Morgan fingerprint density at radius 1 is 1.22 bits per heavy atom. The van der Waals surface area contributed by atoms with Crippen molar-refractivity contribution in [2.75, 3.05) is 6.61 Å². The quantitative estimate of drug-likeness (QED) is 0.821. The normalized spacial score (nSPS) is 14.5. The van der Waals surface area contributed by atoms with Crippen LogP contribution in [0, 0.1) is 0 Å². The number of hydrogen-bond donors (Lipinski definition) is 1. The Kier molecular flexibility index (Phi) is 7.02. The first-order valence-electron chi connectivity index (χ1n) is 6.39. The molecule has 2 N–H and O–H groups in total. The van der Waals surface area contributed by atoms with Crippen molar-refractivity contribution in [2.24, 2.45) is 5.73 Å². The van der Waals surface area contributed by atoms with Crippen LogP contribution >= 0.6 is 23.2 Å². The van der Waals surface area contributed by atoms with E-state index in [1.54, 1.807) is 6.07 Å². The van der Waals surface area contributed by atoms with Gasteiger partial charge in [0.25, 0.3) is 0 Å². The molecule has 2 atom stereocenters. The fourth-order valence-electron chi connectivity index (χ4n) is 1.99. The predicted molar refractivity (Wildman–Crippen MR) is 78.5 cm³/mol. The minimum Gasteiger partial charge on any atom is -0.377 e. The van der Waals surface area contributed by atoms with Crippen LogP contribution < -0.4 is 5.73 Å². The lowest BCUT2D eigenvalue weighted by Crippen LogP contribution is -2.38. The van der Waals surface area contributed by atoms with E-state index in [2.05, 4.69) is 6.92 Å². The molecule has 1 aromatic carbocycles. The highest BCUT2D eigenvalue weighted by Crippen LogP contribution is 2.23. The van der Waals surface area contributed by atoms with Gasteiger partial charge in [-0.2, -0.15) is 0 Å². The Morgan fingerprint density at radius 2 is 1.94 bits per heavy atom. The van der Waals surface area contributed by atoms with Crippen LogP contribution in [0.3, 0.4) is 0 Å². The lowest BCUT2D eigenvalue weighted by atomic mass is 9.99. The maximum absolute atomic E-state index is 6.21. The van der Waals surface area contributed by atoms with Crippen LogP contribution in [0.2, 0.25) is 10.0 Å². The Hall–Kier alpha value is -0.280. The predicted octanol–water partition coefficient (Wildman–Crippen LogP) is 4.07. The van der Waals surface area contributed by atoms with Crippen molar-refractivity contribution < 1.29 is 4.74 Å². The summed E-state index contributed by atoms with van der Waals surface area (Å²) in [5, 5.41) is 1.15. The van der Waals surface area contributed by atoms with Crippen LogP contribution in [-0.2, 0) is 11.2 Å². The van der Waals surface area contributed by atoms with Gasteiger partial charge in [-0.25, -0.2) is 0 Å². The molecule has 1 aromatic rings. The molecule has 18 heavy (non-hydrogen) atoms. The monoisotopic (exact) mass is 289 g/mol. The molecule has 0 aromatic heterocycles. The second-order valence-electron chi connectivity index (χ2n) is 4.40. The molecule has 0 aliphatic carbocycles. The zero-order valence-electron chi connectivity index (χ0n) is 11.0. The van der Waals surface area contributed by atoms with Gasteiger partial charge in [0.2, 0.25) is 0 Å². The van der Waals surface area contributed by atoms with E-state index < -0.39 is 0 Å². The van der Waals surface area contributed by atoms with Gasteiger partial charge in [0.15, 0.2) is 0 Å². The van der Waals surface area contributed by atoms with Gasteiger partial charge in [-0.3, -0.25) is 0 Å². The maximum Gasteiger partial charge on any atom is 0.0728 e. The summed E-state index contributed by atoms with van der Waals surface area (Å²) in [5.74, 6) is 0. The third kappa shape index (κ3) is 4.77. The average Bonchev–Trinajstić information content (AvgIpc) is 2.33. The fraction of sp³-hybridized carbons (Fsp3) is 0.571. The first-order valence-corrected chi connectivity index (χ1v) is 7.15. The molecule has 1 rings (SSSR count). The number of halogens is 2. The first kappa shape index (κ1) is 15.8. The van der Waals surface area contributed by atoms with E-state index in [1.165, 1.54) is 0 Å². The molecule has 0 aliphatic heterocycles. The fourth-order valence-corrected chi connectivity index (χ4v) is 2.31. The van der Waals surface area contributed by atoms with E-state index in [0.717, 1.165) is 24.8 Å². The second-order valence-corrected chi connectivity index (χ2v) is 5.21. The zero-order chi connectivity index (χ0) is 13.5.